The van der Waals surface area contributed by atoms with Crippen molar-refractivity contribution in [1.29, 1.82) is 0 Å². The highest BCUT2D eigenvalue weighted by Gasteiger charge is 1.98. The highest BCUT2D eigenvalue weighted by Crippen LogP contribution is 1.71. The Kier molecular flexibility index (Phi) is 8.76. The van der Waals surface area contributed by atoms with Gasteiger partial charge in [-0.1, -0.05) is 0 Å². The normalized spacial score (nSPS) is 13.5. The largest absolute Gasteiger partial charge is 0.449 e. The number of hydrogen-bond acceptors (Lipinski definition) is 5. The van der Waals surface area contributed by atoms with Crippen molar-refractivity contribution in [2.45, 2.75) is 0 Å². The summed E-state index contributed by atoms with van der Waals surface area (Å²) in [6, 6.07) is 0. The molecule has 9 heteroatoms. The van der Waals surface area contributed by atoms with Gasteiger partial charge in [-0.3, -0.25) is 0 Å². The topological polar surface area (TPSA) is 70.8 Å². The van der Waals surface area contributed by atoms with Gasteiger partial charge in [-0.25, -0.2) is 0 Å². The third-order valence-corrected chi connectivity index (χ3v) is 5.23. The van der Waals surface area contributed by atoms with Crippen LogP contribution in [0.5, 0.6) is 0 Å². The average Bonchev–Trinajstić information content (AvgIpc) is 2.04. The molecule has 66 valence electrons. The molecule has 0 amide bonds. The van der Waals surface area contributed by atoms with Crippen molar-refractivity contribution >= 4 is 45.7 Å². The molecule has 0 aliphatic heterocycles. The lowest BCUT2D eigenvalue weighted by atomic mass is 10.8. The summed E-state index contributed by atoms with van der Waals surface area (Å²) in [4.78, 5) is 10.6. The van der Waals surface area contributed by atoms with Gasteiger partial charge in [0, 0.05) is 6.54 Å². The van der Waals surface area contributed by atoms with Crippen LogP contribution in [0.1, 0.15) is 0 Å². The van der Waals surface area contributed by atoms with E-state index in [4.69, 9.17) is 18.1 Å². The fourth-order valence-corrected chi connectivity index (χ4v) is 5.72. The zero-order chi connectivity index (χ0) is 8.53. The Bertz CT molecular complexity index is 112. The van der Waals surface area contributed by atoms with Crippen LogP contribution in [0.4, 0.5) is 0 Å². The summed E-state index contributed by atoms with van der Waals surface area (Å²) < 4.78 is 15.1. The van der Waals surface area contributed by atoms with Crippen LogP contribution >= 0.6 is 0 Å². The lowest BCUT2D eigenvalue weighted by molar-refractivity contribution is -0.111. The van der Waals surface area contributed by atoms with Gasteiger partial charge in [0.25, 0.3) is 20.0 Å². The smallest absolute Gasteiger partial charge is 0.284 e. The first kappa shape index (κ1) is 11.4. The molecule has 0 rings (SSSR count). The number of carbonyl (C=O) groups is 1. The van der Waals surface area contributed by atoms with Crippen molar-refractivity contribution in [3.05, 3.63) is 0 Å². The van der Waals surface area contributed by atoms with Crippen LogP contribution in [-0.2, 0) is 17.1 Å². The molecule has 0 saturated heterocycles. The van der Waals surface area contributed by atoms with Crippen LogP contribution in [0.25, 0.3) is 0 Å². The van der Waals surface area contributed by atoms with Gasteiger partial charge in [0.15, 0.2) is 0 Å². The maximum absolute atomic E-state index is 10.6. The van der Waals surface area contributed by atoms with Crippen molar-refractivity contribution in [2.24, 2.45) is 5.73 Å². The Balaban J connectivity index is 2.95. The monoisotopic (exact) mass is 227 g/mol. The number of rotatable bonds is 7. The van der Waals surface area contributed by atoms with Crippen molar-refractivity contribution in [3.63, 3.8) is 0 Å². The van der Waals surface area contributed by atoms with Gasteiger partial charge in [-0.05, 0) is 0 Å². The van der Waals surface area contributed by atoms with Gasteiger partial charge in [0.2, 0.25) is 9.76 Å². The molecule has 0 bridgehead atoms. The van der Waals surface area contributed by atoms with Crippen molar-refractivity contribution in [1.82, 2.24) is 0 Å². The van der Waals surface area contributed by atoms with Crippen LogP contribution in [-0.4, -0.2) is 52.2 Å². The van der Waals surface area contributed by atoms with Crippen LogP contribution in [0, 0.1) is 0 Å². The maximum atomic E-state index is 10.6. The van der Waals surface area contributed by atoms with Crippen molar-refractivity contribution in [2.75, 3.05) is 6.54 Å². The minimum atomic E-state index is -1.04. The van der Waals surface area contributed by atoms with Gasteiger partial charge in [-0.2, -0.15) is 0 Å². The van der Waals surface area contributed by atoms with E-state index in [2.05, 4.69) is 0 Å². The first-order chi connectivity index (χ1) is 5.31. The molecule has 0 aliphatic rings. The van der Waals surface area contributed by atoms with Crippen LogP contribution in [0.15, 0.2) is 0 Å². The fraction of sp³-hybridized carbons (Fsp3) is 0.500. The van der Waals surface area contributed by atoms with E-state index in [1.54, 1.807) is 0 Å². The molecule has 0 spiro atoms. The highest BCUT2D eigenvalue weighted by molar-refractivity contribution is 6.72. The zero-order valence-electron chi connectivity index (χ0n) is 6.54. The second-order valence-electron chi connectivity index (χ2n) is 1.82. The summed E-state index contributed by atoms with van der Waals surface area (Å²) >= 11 is 0. The molecule has 0 heterocycles. The Morgan fingerprint density at radius 3 is 2.73 bits per heavy atom. The molecule has 11 heavy (non-hydrogen) atoms. The molecule has 0 aromatic carbocycles. The Labute approximate surface area is 75.6 Å². The van der Waals surface area contributed by atoms with E-state index in [0.29, 0.717) is 0 Å². The third-order valence-electron chi connectivity index (χ3n) is 0.859. The molecule has 0 aromatic rings. The van der Waals surface area contributed by atoms with E-state index in [0.717, 1.165) is 10.5 Å². The molecule has 5 nitrogen and oxygen atoms in total. The van der Waals surface area contributed by atoms with Crippen LogP contribution < -0.4 is 5.73 Å². The molecule has 0 atom stereocenters. The maximum Gasteiger partial charge on any atom is 0.284 e. The van der Waals surface area contributed by atoms with Crippen LogP contribution in [0.2, 0.25) is 0 Å². The van der Waals surface area contributed by atoms with Crippen molar-refractivity contribution in [3.8, 4) is 0 Å². The summed E-state index contributed by atoms with van der Waals surface area (Å²) in [5, 5.41) is 0.0505. The molecule has 0 unspecified atom stereocenters. The summed E-state index contributed by atoms with van der Waals surface area (Å²) in [6.45, 7) is 0.106. The summed E-state index contributed by atoms with van der Waals surface area (Å²) in [7, 11) is -1.97. The summed E-state index contributed by atoms with van der Waals surface area (Å²) in [6.07, 6.45) is 0. The molecule has 0 saturated carbocycles. The molecule has 0 aromatic heterocycles. The van der Waals surface area contributed by atoms with Gasteiger partial charge in [0.05, 0.1) is 0 Å². The van der Waals surface area contributed by atoms with Gasteiger partial charge in [-0.15, -0.1) is 0 Å². The number of hydrogen-bond donors (Lipinski definition) is 1. The molecule has 0 fully saturated rings. The third kappa shape index (κ3) is 8.28. The minimum Gasteiger partial charge on any atom is -0.449 e. The quantitative estimate of drug-likeness (QED) is 0.348. The molecule has 2 N–H and O–H groups in total. The first-order valence-corrected chi connectivity index (χ1v) is 7.58. The molecule has 0 aliphatic carbocycles. The van der Waals surface area contributed by atoms with E-state index >= 15 is 0 Å². The highest BCUT2D eigenvalue weighted by atomic mass is 28.4. The van der Waals surface area contributed by atoms with E-state index in [1.165, 1.54) is 0 Å². The zero-order valence-corrected chi connectivity index (χ0v) is 12.8. The van der Waals surface area contributed by atoms with E-state index in [1.807, 2.05) is 0 Å². The summed E-state index contributed by atoms with van der Waals surface area (Å²) in [5.41, 5.74) is 5.08. The number of nitrogens with two attached hydrogens (primary N) is 1. The van der Waals surface area contributed by atoms with Crippen LogP contribution in [0.3, 0.4) is 0 Å². The van der Waals surface area contributed by atoms with Gasteiger partial charge >= 0.3 is 0 Å². The summed E-state index contributed by atoms with van der Waals surface area (Å²) in [5.74, 6) is 0. The lowest BCUT2D eigenvalue weighted by Crippen LogP contribution is -2.24. The van der Waals surface area contributed by atoms with E-state index < -0.39 is 29.8 Å². The van der Waals surface area contributed by atoms with E-state index in [9.17, 15) is 4.79 Å². The molecular weight excluding hydrogens is 214 g/mol. The van der Waals surface area contributed by atoms with Gasteiger partial charge in [0.1, 0.15) is 15.9 Å². The predicted molar refractivity (Wildman–Crippen MR) is 52.9 cm³/mol. The standard InChI is InChI=1S/C2H13NO4Si4/c3-1-2(4)9-6-11-7-10-5-8/h1,3,9-11H2,8H3. The first-order valence-electron chi connectivity index (χ1n) is 3.17. The Morgan fingerprint density at radius 1 is 1.45 bits per heavy atom. The Morgan fingerprint density at radius 2 is 2.18 bits per heavy atom. The van der Waals surface area contributed by atoms with E-state index in [-0.39, 0.29) is 12.0 Å². The average molecular weight is 227 g/mol. The predicted octanol–water partition coefficient (Wildman–Crippen LogP) is -5.12. The second kappa shape index (κ2) is 8.47. The minimum absolute atomic E-state index is 0.0505. The fourth-order valence-electron chi connectivity index (χ4n) is 0.391. The Hall–Kier alpha value is 0.378. The van der Waals surface area contributed by atoms with Gasteiger partial charge < -0.3 is 22.9 Å². The number of carbonyl (C=O) groups excluding carboxylic acids is 1. The molecule has 0 radical (unpaired) electrons. The lowest BCUT2D eigenvalue weighted by Gasteiger charge is -2.02. The van der Waals surface area contributed by atoms with Crippen molar-refractivity contribution < 1.29 is 17.1 Å². The second-order valence-corrected chi connectivity index (χ2v) is 8.94. The SMILES string of the molecule is NCC(=O)[SiH2]O[SiH2]O[SiH2]O[SiH3]. The molecular formula is C2H13NO4Si4.